The molecule has 2 rings (SSSR count). The molecule has 0 unspecified atom stereocenters. The Labute approximate surface area is 99.7 Å². The van der Waals surface area contributed by atoms with Crippen LogP contribution in [0.1, 0.15) is 5.56 Å². The normalized spacial score (nSPS) is 10.0. The van der Waals surface area contributed by atoms with Gasteiger partial charge < -0.3 is 14.8 Å². The van der Waals surface area contributed by atoms with Gasteiger partial charge in [-0.1, -0.05) is 30.3 Å². The molecule has 0 aliphatic carbocycles. The third kappa shape index (κ3) is 3.06. The van der Waals surface area contributed by atoms with Gasteiger partial charge in [-0.2, -0.15) is 0 Å². The summed E-state index contributed by atoms with van der Waals surface area (Å²) in [5.74, 6) is 0.381. The van der Waals surface area contributed by atoms with E-state index in [2.05, 4.69) is 4.98 Å². The summed E-state index contributed by atoms with van der Waals surface area (Å²) in [5, 5.41) is 18.2. The Morgan fingerprint density at radius 1 is 1.06 bits per heavy atom. The minimum atomic E-state index is -1.62. The van der Waals surface area contributed by atoms with E-state index < -0.39 is 7.12 Å². The van der Waals surface area contributed by atoms with Crippen LogP contribution < -0.4 is 10.3 Å². The number of benzene rings is 1. The molecule has 0 amide bonds. The van der Waals surface area contributed by atoms with Gasteiger partial charge in [0.2, 0.25) is 0 Å². The molecule has 0 radical (unpaired) electrons. The summed E-state index contributed by atoms with van der Waals surface area (Å²) in [6.07, 6.45) is 1.49. The summed E-state index contributed by atoms with van der Waals surface area (Å²) >= 11 is 0. The van der Waals surface area contributed by atoms with Crippen LogP contribution in [-0.2, 0) is 6.61 Å². The molecule has 0 spiro atoms. The minimum Gasteiger partial charge on any atom is -0.488 e. The molecule has 0 aliphatic rings. The molecular formula is C12H12BNO3. The molecule has 0 fully saturated rings. The zero-order chi connectivity index (χ0) is 12.1. The molecule has 1 aromatic heterocycles. The summed E-state index contributed by atoms with van der Waals surface area (Å²) in [4.78, 5) is 3.87. The molecule has 2 N–H and O–H groups in total. The monoisotopic (exact) mass is 229 g/mol. The van der Waals surface area contributed by atoms with E-state index in [9.17, 15) is 0 Å². The van der Waals surface area contributed by atoms with Crippen molar-refractivity contribution in [3.63, 3.8) is 0 Å². The largest absolute Gasteiger partial charge is 0.512 e. The van der Waals surface area contributed by atoms with Crippen LogP contribution in [0.2, 0.25) is 0 Å². The average molecular weight is 229 g/mol. The molecule has 0 bridgehead atoms. The number of nitrogens with zero attached hydrogens (tertiary/aromatic N) is 1. The van der Waals surface area contributed by atoms with Gasteiger partial charge in [0.05, 0.1) is 0 Å². The van der Waals surface area contributed by atoms with Crippen LogP contribution in [0, 0.1) is 0 Å². The van der Waals surface area contributed by atoms with Crippen LogP contribution in [0.4, 0.5) is 0 Å². The Kier molecular flexibility index (Phi) is 3.75. The van der Waals surface area contributed by atoms with Crippen molar-refractivity contribution in [1.82, 2.24) is 4.98 Å². The highest BCUT2D eigenvalue weighted by Gasteiger charge is 2.18. The predicted molar refractivity (Wildman–Crippen MR) is 64.8 cm³/mol. The van der Waals surface area contributed by atoms with Crippen molar-refractivity contribution in [2.24, 2.45) is 0 Å². The minimum absolute atomic E-state index is 0.128. The molecule has 2 aromatic rings. The number of ether oxygens (including phenoxy) is 1. The molecule has 1 aromatic carbocycles. The van der Waals surface area contributed by atoms with E-state index in [0.29, 0.717) is 12.4 Å². The van der Waals surface area contributed by atoms with Crippen LogP contribution in [0.15, 0.2) is 48.7 Å². The van der Waals surface area contributed by atoms with Gasteiger partial charge in [-0.05, 0) is 17.7 Å². The number of rotatable bonds is 4. The standard InChI is InChI=1S/C12H12BNO3/c15-13(16)12-11(7-4-8-14-12)17-9-10-5-2-1-3-6-10/h1-8,15-16H,9H2. The van der Waals surface area contributed by atoms with Crippen LogP contribution in [-0.4, -0.2) is 22.2 Å². The lowest BCUT2D eigenvalue weighted by molar-refractivity contribution is 0.305. The first-order valence-electron chi connectivity index (χ1n) is 5.25. The fraction of sp³-hybridized carbons (Fsp3) is 0.0833. The Morgan fingerprint density at radius 2 is 1.82 bits per heavy atom. The van der Waals surface area contributed by atoms with E-state index in [1.807, 2.05) is 30.3 Å². The smallest absolute Gasteiger partial charge is 0.488 e. The molecular weight excluding hydrogens is 217 g/mol. The van der Waals surface area contributed by atoms with Crippen LogP contribution in [0.25, 0.3) is 0 Å². The van der Waals surface area contributed by atoms with Gasteiger partial charge >= 0.3 is 7.12 Å². The van der Waals surface area contributed by atoms with E-state index in [4.69, 9.17) is 14.8 Å². The SMILES string of the molecule is OB(O)c1ncccc1OCc1ccccc1. The maximum absolute atomic E-state index is 9.11. The van der Waals surface area contributed by atoms with Crippen molar-refractivity contribution in [2.45, 2.75) is 6.61 Å². The van der Waals surface area contributed by atoms with Crippen LogP contribution >= 0.6 is 0 Å². The van der Waals surface area contributed by atoms with Gasteiger partial charge in [-0.3, -0.25) is 4.98 Å². The first kappa shape index (κ1) is 11.6. The number of aromatic nitrogens is 1. The lowest BCUT2D eigenvalue weighted by Gasteiger charge is -2.09. The molecule has 17 heavy (non-hydrogen) atoms. The lowest BCUT2D eigenvalue weighted by Crippen LogP contribution is -2.34. The Morgan fingerprint density at radius 3 is 2.53 bits per heavy atom. The third-order valence-electron chi connectivity index (χ3n) is 2.28. The van der Waals surface area contributed by atoms with Crippen molar-refractivity contribution in [2.75, 3.05) is 0 Å². The van der Waals surface area contributed by atoms with Crippen LogP contribution in [0.3, 0.4) is 0 Å². The highest BCUT2D eigenvalue weighted by molar-refractivity contribution is 6.58. The molecule has 0 aliphatic heterocycles. The quantitative estimate of drug-likeness (QED) is 0.742. The average Bonchev–Trinajstić information content (AvgIpc) is 2.38. The molecule has 0 saturated carbocycles. The second-order valence-electron chi connectivity index (χ2n) is 3.53. The first-order chi connectivity index (χ1) is 8.27. The lowest BCUT2D eigenvalue weighted by atomic mass is 9.85. The fourth-order valence-electron chi connectivity index (χ4n) is 1.45. The van der Waals surface area contributed by atoms with Gasteiger partial charge in [0, 0.05) is 6.20 Å². The fourth-order valence-corrected chi connectivity index (χ4v) is 1.45. The van der Waals surface area contributed by atoms with Gasteiger partial charge in [-0.25, -0.2) is 0 Å². The highest BCUT2D eigenvalue weighted by atomic mass is 16.5. The Bertz CT molecular complexity index is 476. The molecule has 0 atom stereocenters. The van der Waals surface area contributed by atoms with Gasteiger partial charge in [0.25, 0.3) is 0 Å². The zero-order valence-electron chi connectivity index (χ0n) is 9.15. The third-order valence-corrected chi connectivity index (χ3v) is 2.28. The Balaban J connectivity index is 2.09. The summed E-state index contributed by atoms with van der Waals surface area (Å²) < 4.78 is 5.50. The predicted octanol–water partition coefficient (Wildman–Crippen LogP) is 0.340. The summed E-state index contributed by atoms with van der Waals surface area (Å²) in [6.45, 7) is 0.367. The van der Waals surface area contributed by atoms with Gasteiger partial charge in [-0.15, -0.1) is 0 Å². The topological polar surface area (TPSA) is 62.6 Å². The number of hydrogen-bond acceptors (Lipinski definition) is 4. The second kappa shape index (κ2) is 5.47. The van der Waals surface area contributed by atoms with Crippen molar-refractivity contribution >= 4 is 12.7 Å². The number of pyridine rings is 1. The molecule has 0 saturated heterocycles. The van der Waals surface area contributed by atoms with Crippen molar-refractivity contribution < 1.29 is 14.8 Å². The van der Waals surface area contributed by atoms with E-state index in [1.165, 1.54) is 6.20 Å². The maximum Gasteiger partial charge on any atom is 0.512 e. The van der Waals surface area contributed by atoms with Crippen molar-refractivity contribution in [3.05, 3.63) is 54.2 Å². The van der Waals surface area contributed by atoms with Crippen LogP contribution in [0.5, 0.6) is 5.75 Å². The Hall–Kier alpha value is -1.85. The van der Waals surface area contributed by atoms with E-state index in [1.54, 1.807) is 12.1 Å². The second-order valence-corrected chi connectivity index (χ2v) is 3.53. The summed E-state index contributed by atoms with van der Waals surface area (Å²) in [5.41, 5.74) is 1.14. The maximum atomic E-state index is 9.11. The highest BCUT2D eigenvalue weighted by Crippen LogP contribution is 2.08. The van der Waals surface area contributed by atoms with Gasteiger partial charge in [0.15, 0.2) is 0 Å². The molecule has 5 heteroatoms. The van der Waals surface area contributed by atoms with Gasteiger partial charge in [0.1, 0.15) is 17.9 Å². The van der Waals surface area contributed by atoms with E-state index >= 15 is 0 Å². The summed E-state index contributed by atoms with van der Waals surface area (Å²) in [7, 11) is -1.62. The molecule has 4 nitrogen and oxygen atoms in total. The van der Waals surface area contributed by atoms with E-state index in [0.717, 1.165) is 5.56 Å². The van der Waals surface area contributed by atoms with Crippen molar-refractivity contribution in [1.29, 1.82) is 0 Å². The van der Waals surface area contributed by atoms with E-state index in [-0.39, 0.29) is 5.59 Å². The first-order valence-corrected chi connectivity index (χ1v) is 5.25. The molecule has 1 heterocycles. The van der Waals surface area contributed by atoms with Crippen molar-refractivity contribution in [3.8, 4) is 5.75 Å². The number of hydrogen-bond donors (Lipinski definition) is 2. The zero-order valence-corrected chi connectivity index (χ0v) is 9.15. The summed E-state index contributed by atoms with van der Waals surface area (Å²) in [6, 6.07) is 13.0. The molecule has 86 valence electrons.